The largest absolute Gasteiger partial charge is 0.496 e. The maximum Gasteiger partial charge on any atom is 0.183 e. The number of hydrogen-bond donors (Lipinski definition) is 2. The van der Waals surface area contributed by atoms with E-state index in [9.17, 15) is 0 Å². The minimum absolute atomic E-state index is 0.358. The molecule has 0 spiro atoms. The molecule has 3 aromatic rings. The minimum Gasteiger partial charge on any atom is -0.496 e. The number of imidazole rings is 1. The predicted octanol–water partition coefficient (Wildman–Crippen LogP) is 2.26. The number of methoxy groups -OCH3 is 1. The summed E-state index contributed by atoms with van der Waals surface area (Å²) in [5.74, 6) is 1.59. The highest BCUT2D eigenvalue weighted by Crippen LogP contribution is 2.31. The van der Waals surface area contributed by atoms with Gasteiger partial charge in [0.05, 0.1) is 12.7 Å². The van der Waals surface area contributed by atoms with Crippen LogP contribution >= 0.6 is 11.6 Å². The molecule has 2 aromatic heterocycles. The van der Waals surface area contributed by atoms with Gasteiger partial charge in [-0.1, -0.05) is 11.6 Å². The maximum absolute atomic E-state index is 5.93. The zero-order chi connectivity index (χ0) is 13.4. The molecule has 1 aromatic carbocycles. The summed E-state index contributed by atoms with van der Waals surface area (Å²) in [6.45, 7) is 0. The molecule has 0 aliphatic heterocycles. The topological polar surface area (TPSA) is 89.7 Å². The van der Waals surface area contributed by atoms with E-state index in [0.717, 1.165) is 5.56 Å². The number of aromatic nitrogens is 4. The number of hydrogen-bond acceptors (Lipinski definition) is 5. The van der Waals surface area contributed by atoms with Crippen molar-refractivity contribution in [3.8, 4) is 17.1 Å². The highest BCUT2D eigenvalue weighted by molar-refractivity contribution is 6.30. The number of aromatic amines is 1. The molecule has 0 unspecified atom stereocenters. The third kappa shape index (κ3) is 1.96. The Morgan fingerprint density at radius 2 is 2.16 bits per heavy atom. The van der Waals surface area contributed by atoms with Gasteiger partial charge in [0, 0.05) is 5.02 Å². The first-order valence-corrected chi connectivity index (χ1v) is 5.87. The van der Waals surface area contributed by atoms with E-state index in [1.807, 2.05) is 6.07 Å². The highest BCUT2D eigenvalue weighted by atomic mass is 35.5. The summed E-state index contributed by atoms with van der Waals surface area (Å²) in [6, 6.07) is 5.31. The second-order valence-electron chi connectivity index (χ2n) is 3.89. The third-order valence-electron chi connectivity index (χ3n) is 2.74. The van der Waals surface area contributed by atoms with Gasteiger partial charge in [-0.2, -0.15) is 0 Å². The molecule has 0 fully saturated rings. The summed E-state index contributed by atoms with van der Waals surface area (Å²) in [7, 11) is 1.58. The van der Waals surface area contributed by atoms with Crippen LogP contribution in [0, 0.1) is 0 Å². The van der Waals surface area contributed by atoms with Crippen molar-refractivity contribution in [1.82, 2.24) is 19.9 Å². The second-order valence-corrected chi connectivity index (χ2v) is 4.32. The smallest absolute Gasteiger partial charge is 0.183 e. The van der Waals surface area contributed by atoms with Gasteiger partial charge in [0.2, 0.25) is 0 Å². The van der Waals surface area contributed by atoms with Crippen LogP contribution in [0.15, 0.2) is 24.5 Å². The van der Waals surface area contributed by atoms with Crippen LogP contribution in [0.3, 0.4) is 0 Å². The zero-order valence-corrected chi connectivity index (χ0v) is 10.8. The van der Waals surface area contributed by atoms with Gasteiger partial charge in [0.25, 0.3) is 0 Å². The molecular formula is C12H10ClN5O. The lowest BCUT2D eigenvalue weighted by atomic mass is 10.2. The highest BCUT2D eigenvalue weighted by Gasteiger charge is 2.13. The number of anilines is 1. The van der Waals surface area contributed by atoms with Crippen LogP contribution < -0.4 is 10.5 Å². The van der Waals surface area contributed by atoms with Crippen LogP contribution in [0.25, 0.3) is 22.6 Å². The number of nitrogens with one attached hydrogen (secondary N) is 1. The van der Waals surface area contributed by atoms with E-state index in [2.05, 4.69) is 19.9 Å². The van der Waals surface area contributed by atoms with Crippen LogP contribution in [-0.4, -0.2) is 27.0 Å². The van der Waals surface area contributed by atoms with Gasteiger partial charge in [-0.15, -0.1) is 0 Å². The summed E-state index contributed by atoms with van der Waals surface area (Å²) in [5, 5.41) is 0.594. The Labute approximate surface area is 113 Å². The quantitative estimate of drug-likeness (QED) is 0.749. The average molecular weight is 276 g/mol. The first kappa shape index (κ1) is 11.7. The molecule has 2 heterocycles. The Kier molecular flexibility index (Phi) is 2.72. The molecular weight excluding hydrogens is 266 g/mol. The number of nitrogens with zero attached hydrogens (tertiary/aromatic N) is 3. The second kappa shape index (κ2) is 4.40. The monoisotopic (exact) mass is 275 g/mol. The number of nitrogens with two attached hydrogens (primary N) is 1. The molecule has 3 rings (SSSR count). The fraction of sp³-hybridized carbons (Fsp3) is 0.0833. The molecule has 7 heteroatoms. The van der Waals surface area contributed by atoms with Crippen LogP contribution in [-0.2, 0) is 0 Å². The van der Waals surface area contributed by atoms with Gasteiger partial charge in [-0.05, 0) is 18.2 Å². The summed E-state index contributed by atoms with van der Waals surface area (Å²) in [4.78, 5) is 15.4. The third-order valence-corrected chi connectivity index (χ3v) is 2.97. The van der Waals surface area contributed by atoms with Crippen molar-refractivity contribution in [2.45, 2.75) is 0 Å². The molecule has 0 radical (unpaired) electrons. The standard InChI is InChI=1S/C12H10ClN5O/c1-19-8-4-6(13)2-3-7(8)11-17-9-10(14)15-5-16-12(9)18-11/h2-5H,1H3,(H3,14,15,16,17,18). The van der Waals surface area contributed by atoms with Crippen LogP contribution in [0.2, 0.25) is 5.02 Å². The molecule has 3 N–H and O–H groups in total. The average Bonchev–Trinajstić information content (AvgIpc) is 2.83. The van der Waals surface area contributed by atoms with E-state index >= 15 is 0 Å². The first-order chi connectivity index (χ1) is 9.19. The van der Waals surface area contributed by atoms with Gasteiger partial charge < -0.3 is 15.5 Å². The molecule has 0 aliphatic rings. The fourth-order valence-corrected chi connectivity index (χ4v) is 2.00. The number of rotatable bonds is 2. The molecule has 0 saturated heterocycles. The van der Waals surface area contributed by atoms with Gasteiger partial charge in [-0.3, -0.25) is 0 Å². The van der Waals surface area contributed by atoms with Crippen molar-refractivity contribution in [3.05, 3.63) is 29.5 Å². The number of nitrogen functional groups attached to an aromatic ring is 1. The van der Waals surface area contributed by atoms with E-state index < -0.39 is 0 Å². The van der Waals surface area contributed by atoms with Crippen LogP contribution in [0.5, 0.6) is 5.75 Å². The SMILES string of the molecule is COc1cc(Cl)ccc1-c1nc2ncnc(N)c2[nH]1. The molecule has 0 saturated carbocycles. The van der Waals surface area contributed by atoms with Gasteiger partial charge in [-0.25, -0.2) is 15.0 Å². The Hall–Kier alpha value is -2.34. The summed E-state index contributed by atoms with van der Waals surface area (Å²) >= 11 is 5.93. The van der Waals surface area contributed by atoms with Crippen molar-refractivity contribution in [1.29, 1.82) is 0 Å². The zero-order valence-electron chi connectivity index (χ0n) is 10.0. The Balaban J connectivity index is 2.22. The molecule has 6 nitrogen and oxygen atoms in total. The molecule has 96 valence electrons. The van der Waals surface area contributed by atoms with Gasteiger partial charge >= 0.3 is 0 Å². The number of H-pyrrole nitrogens is 1. The Morgan fingerprint density at radius 1 is 1.32 bits per heavy atom. The lowest BCUT2D eigenvalue weighted by Gasteiger charge is -2.05. The summed E-state index contributed by atoms with van der Waals surface area (Å²) < 4.78 is 5.30. The number of ether oxygens (including phenoxy) is 1. The minimum atomic E-state index is 0.358. The summed E-state index contributed by atoms with van der Waals surface area (Å²) in [6.07, 6.45) is 1.38. The number of fused-ring (bicyclic) bond motifs is 1. The van der Waals surface area contributed by atoms with E-state index in [-0.39, 0.29) is 0 Å². The van der Waals surface area contributed by atoms with Crippen molar-refractivity contribution in [2.75, 3.05) is 12.8 Å². The number of benzene rings is 1. The van der Waals surface area contributed by atoms with Crippen LogP contribution in [0.4, 0.5) is 5.82 Å². The van der Waals surface area contributed by atoms with Crippen molar-refractivity contribution in [2.24, 2.45) is 0 Å². The van der Waals surface area contributed by atoms with Crippen LogP contribution in [0.1, 0.15) is 0 Å². The van der Waals surface area contributed by atoms with Crippen molar-refractivity contribution in [3.63, 3.8) is 0 Å². The first-order valence-electron chi connectivity index (χ1n) is 5.49. The van der Waals surface area contributed by atoms with Gasteiger partial charge in [0.15, 0.2) is 11.5 Å². The normalized spacial score (nSPS) is 10.8. The molecule has 0 atom stereocenters. The Morgan fingerprint density at radius 3 is 2.89 bits per heavy atom. The van der Waals surface area contributed by atoms with Crippen molar-refractivity contribution >= 4 is 28.6 Å². The van der Waals surface area contributed by atoms with E-state index in [0.29, 0.717) is 33.6 Å². The number of halogens is 1. The molecule has 0 aliphatic carbocycles. The summed E-state index contributed by atoms with van der Waals surface area (Å²) in [5.41, 5.74) is 7.67. The van der Waals surface area contributed by atoms with Crippen molar-refractivity contribution < 1.29 is 4.74 Å². The lowest BCUT2D eigenvalue weighted by molar-refractivity contribution is 0.416. The molecule has 0 bridgehead atoms. The lowest BCUT2D eigenvalue weighted by Crippen LogP contribution is -1.92. The van der Waals surface area contributed by atoms with E-state index in [1.54, 1.807) is 19.2 Å². The molecule has 19 heavy (non-hydrogen) atoms. The molecule has 0 amide bonds. The van der Waals surface area contributed by atoms with E-state index in [4.69, 9.17) is 22.1 Å². The van der Waals surface area contributed by atoms with Gasteiger partial charge in [0.1, 0.15) is 23.4 Å². The predicted molar refractivity (Wildman–Crippen MR) is 73.1 cm³/mol. The maximum atomic E-state index is 5.93. The Bertz CT molecular complexity index is 755. The fourth-order valence-electron chi connectivity index (χ4n) is 1.83. The van der Waals surface area contributed by atoms with E-state index in [1.165, 1.54) is 6.33 Å².